The first-order valence-electron chi connectivity index (χ1n) is 6.43. The van der Waals surface area contributed by atoms with Crippen LogP contribution < -0.4 is 5.32 Å². The maximum Gasteiger partial charge on any atom is 0.237 e. The Balaban J connectivity index is 1.88. The van der Waals surface area contributed by atoms with Crippen LogP contribution in [0.4, 0.5) is 0 Å². The van der Waals surface area contributed by atoms with Crippen LogP contribution in [-0.4, -0.2) is 11.9 Å². The van der Waals surface area contributed by atoms with Crippen molar-refractivity contribution in [3.63, 3.8) is 0 Å². The van der Waals surface area contributed by atoms with E-state index in [2.05, 4.69) is 18.3 Å². The van der Waals surface area contributed by atoms with E-state index in [0.717, 1.165) is 18.4 Å². The van der Waals surface area contributed by atoms with Gasteiger partial charge in [0.05, 0.1) is 6.07 Å². The maximum atomic E-state index is 12.0. The largest absolute Gasteiger partial charge is 0.352 e. The van der Waals surface area contributed by atoms with E-state index < -0.39 is 5.92 Å². The van der Waals surface area contributed by atoms with Gasteiger partial charge in [0.2, 0.25) is 5.91 Å². The second kappa shape index (κ2) is 5.68. The summed E-state index contributed by atoms with van der Waals surface area (Å²) in [7, 11) is 0. The van der Waals surface area contributed by atoms with Crippen LogP contribution in [0.15, 0.2) is 30.3 Å². The van der Waals surface area contributed by atoms with E-state index >= 15 is 0 Å². The Bertz CT molecular complexity index is 443. The summed E-state index contributed by atoms with van der Waals surface area (Å²) in [6, 6.07) is 12.1. The lowest BCUT2D eigenvalue weighted by Gasteiger charge is -2.33. The van der Waals surface area contributed by atoms with Crippen LogP contribution in [0.2, 0.25) is 0 Å². The Kier molecular flexibility index (Phi) is 3.99. The molecule has 1 N–H and O–H groups in total. The summed E-state index contributed by atoms with van der Waals surface area (Å²) in [4.78, 5) is 12.0. The SMILES string of the molecule is CC1CC(NC(=O)C(C#N)Cc2ccccc2)C1. The van der Waals surface area contributed by atoms with Crippen LogP contribution in [0.3, 0.4) is 0 Å². The lowest BCUT2D eigenvalue weighted by molar-refractivity contribution is -0.124. The first-order valence-corrected chi connectivity index (χ1v) is 6.43. The molecule has 1 fully saturated rings. The van der Waals surface area contributed by atoms with E-state index in [9.17, 15) is 4.79 Å². The van der Waals surface area contributed by atoms with Gasteiger partial charge >= 0.3 is 0 Å². The molecule has 0 spiro atoms. The smallest absolute Gasteiger partial charge is 0.237 e. The van der Waals surface area contributed by atoms with E-state index in [1.165, 1.54) is 0 Å². The van der Waals surface area contributed by atoms with Crippen LogP contribution >= 0.6 is 0 Å². The molecule has 94 valence electrons. The normalized spacial score (nSPS) is 23.6. The number of nitrogens with zero attached hydrogens (tertiary/aromatic N) is 1. The standard InChI is InChI=1S/C15H18N2O/c1-11-7-14(8-11)17-15(18)13(10-16)9-12-5-3-2-4-6-12/h2-6,11,13-14H,7-9H2,1H3,(H,17,18). The molecule has 1 unspecified atom stereocenters. The van der Waals surface area contributed by atoms with Gasteiger partial charge in [0.25, 0.3) is 0 Å². The molecule has 0 heterocycles. The van der Waals surface area contributed by atoms with Gasteiger partial charge in [-0.15, -0.1) is 0 Å². The molecule has 0 bridgehead atoms. The van der Waals surface area contributed by atoms with Crippen molar-refractivity contribution in [3.05, 3.63) is 35.9 Å². The van der Waals surface area contributed by atoms with Gasteiger partial charge in [0, 0.05) is 6.04 Å². The topological polar surface area (TPSA) is 52.9 Å². The summed E-state index contributed by atoms with van der Waals surface area (Å²) in [5.41, 5.74) is 1.03. The zero-order chi connectivity index (χ0) is 13.0. The van der Waals surface area contributed by atoms with Crippen LogP contribution in [0.1, 0.15) is 25.3 Å². The summed E-state index contributed by atoms with van der Waals surface area (Å²) >= 11 is 0. The monoisotopic (exact) mass is 242 g/mol. The van der Waals surface area contributed by atoms with Crippen molar-refractivity contribution < 1.29 is 4.79 Å². The van der Waals surface area contributed by atoms with Crippen LogP contribution in [0, 0.1) is 23.2 Å². The fourth-order valence-corrected chi connectivity index (χ4v) is 2.37. The lowest BCUT2D eigenvalue weighted by Crippen LogP contribution is -2.45. The number of nitriles is 1. The molecule has 1 aliphatic rings. The van der Waals surface area contributed by atoms with E-state index in [1.54, 1.807) is 0 Å². The first-order chi connectivity index (χ1) is 8.69. The van der Waals surface area contributed by atoms with Crippen molar-refractivity contribution in [2.24, 2.45) is 11.8 Å². The summed E-state index contributed by atoms with van der Waals surface area (Å²) in [6.07, 6.45) is 2.57. The number of hydrogen-bond acceptors (Lipinski definition) is 2. The predicted octanol–water partition coefficient (Wildman–Crippen LogP) is 2.28. The third kappa shape index (κ3) is 3.10. The van der Waals surface area contributed by atoms with Crippen molar-refractivity contribution in [3.8, 4) is 6.07 Å². The van der Waals surface area contributed by atoms with E-state index in [1.807, 2.05) is 30.3 Å². The molecule has 1 atom stereocenters. The Morgan fingerprint density at radius 3 is 2.67 bits per heavy atom. The highest BCUT2D eigenvalue weighted by Gasteiger charge is 2.29. The highest BCUT2D eigenvalue weighted by atomic mass is 16.1. The molecule has 18 heavy (non-hydrogen) atoms. The van der Waals surface area contributed by atoms with Crippen LogP contribution in [-0.2, 0) is 11.2 Å². The molecule has 1 amide bonds. The second-order valence-electron chi connectivity index (χ2n) is 5.15. The van der Waals surface area contributed by atoms with Gasteiger partial charge in [-0.25, -0.2) is 0 Å². The van der Waals surface area contributed by atoms with E-state index in [-0.39, 0.29) is 11.9 Å². The van der Waals surface area contributed by atoms with Crippen LogP contribution in [0.5, 0.6) is 0 Å². The number of amides is 1. The lowest BCUT2D eigenvalue weighted by atomic mass is 9.81. The number of carbonyl (C=O) groups excluding carboxylic acids is 1. The highest BCUT2D eigenvalue weighted by Crippen LogP contribution is 2.26. The third-order valence-electron chi connectivity index (χ3n) is 3.48. The molecule has 1 saturated carbocycles. The van der Waals surface area contributed by atoms with Crippen molar-refractivity contribution in [2.45, 2.75) is 32.2 Å². The first kappa shape index (κ1) is 12.6. The van der Waals surface area contributed by atoms with Crippen molar-refractivity contribution in [2.75, 3.05) is 0 Å². The van der Waals surface area contributed by atoms with E-state index in [0.29, 0.717) is 12.3 Å². The number of nitrogens with one attached hydrogen (secondary N) is 1. The molecular weight excluding hydrogens is 224 g/mol. The van der Waals surface area contributed by atoms with Crippen molar-refractivity contribution in [1.29, 1.82) is 5.26 Å². The van der Waals surface area contributed by atoms with Crippen molar-refractivity contribution >= 4 is 5.91 Å². The number of rotatable bonds is 4. The van der Waals surface area contributed by atoms with E-state index in [4.69, 9.17) is 5.26 Å². The summed E-state index contributed by atoms with van der Waals surface area (Å²) < 4.78 is 0. The number of carbonyl (C=O) groups is 1. The summed E-state index contributed by atoms with van der Waals surface area (Å²) in [6.45, 7) is 2.18. The quantitative estimate of drug-likeness (QED) is 0.880. The minimum atomic E-state index is -0.580. The average Bonchev–Trinajstić information content (AvgIpc) is 2.35. The maximum absolute atomic E-state index is 12.0. The molecule has 1 aromatic carbocycles. The molecule has 0 radical (unpaired) electrons. The van der Waals surface area contributed by atoms with Gasteiger partial charge in [-0.3, -0.25) is 4.79 Å². The van der Waals surface area contributed by atoms with Gasteiger partial charge in [-0.1, -0.05) is 37.3 Å². The molecule has 3 heteroatoms. The minimum Gasteiger partial charge on any atom is -0.352 e. The number of benzene rings is 1. The van der Waals surface area contributed by atoms with Gasteiger partial charge in [0.15, 0.2) is 0 Å². The van der Waals surface area contributed by atoms with Gasteiger partial charge < -0.3 is 5.32 Å². The fourth-order valence-electron chi connectivity index (χ4n) is 2.37. The molecule has 0 aliphatic heterocycles. The van der Waals surface area contributed by atoms with Gasteiger partial charge in [-0.05, 0) is 30.7 Å². The summed E-state index contributed by atoms with van der Waals surface area (Å²) in [5, 5.41) is 12.1. The Morgan fingerprint density at radius 1 is 1.44 bits per heavy atom. The Hall–Kier alpha value is -1.82. The summed E-state index contributed by atoms with van der Waals surface area (Å²) in [5.74, 6) is -0.00785. The molecule has 0 saturated heterocycles. The molecule has 1 aromatic rings. The highest BCUT2D eigenvalue weighted by molar-refractivity contribution is 5.81. The second-order valence-corrected chi connectivity index (χ2v) is 5.15. The van der Waals surface area contributed by atoms with Crippen molar-refractivity contribution in [1.82, 2.24) is 5.32 Å². The fraction of sp³-hybridized carbons (Fsp3) is 0.467. The zero-order valence-electron chi connectivity index (χ0n) is 10.6. The number of hydrogen-bond donors (Lipinski definition) is 1. The Labute approximate surface area is 108 Å². The molecule has 0 aromatic heterocycles. The average molecular weight is 242 g/mol. The molecular formula is C15H18N2O. The Morgan fingerprint density at radius 2 is 2.11 bits per heavy atom. The molecule has 1 aliphatic carbocycles. The van der Waals surface area contributed by atoms with Crippen LogP contribution in [0.25, 0.3) is 0 Å². The van der Waals surface area contributed by atoms with Gasteiger partial charge in [0.1, 0.15) is 5.92 Å². The zero-order valence-corrected chi connectivity index (χ0v) is 10.6. The minimum absolute atomic E-state index is 0.127. The predicted molar refractivity (Wildman–Crippen MR) is 69.6 cm³/mol. The third-order valence-corrected chi connectivity index (χ3v) is 3.48. The van der Waals surface area contributed by atoms with Gasteiger partial charge in [-0.2, -0.15) is 5.26 Å². The molecule has 2 rings (SSSR count). The molecule has 3 nitrogen and oxygen atoms in total.